The van der Waals surface area contributed by atoms with Crippen molar-refractivity contribution in [3.8, 4) is 0 Å². The number of anilines is 1. The van der Waals surface area contributed by atoms with Crippen LogP contribution < -0.4 is 5.32 Å². The van der Waals surface area contributed by atoms with Crippen molar-refractivity contribution in [3.63, 3.8) is 0 Å². The van der Waals surface area contributed by atoms with Crippen molar-refractivity contribution in [1.82, 2.24) is 0 Å². The first-order valence-corrected chi connectivity index (χ1v) is 6.26. The summed E-state index contributed by atoms with van der Waals surface area (Å²) in [5.41, 5.74) is 3.29. The second-order valence-corrected chi connectivity index (χ2v) is 4.73. The number of rotatable bonds is 4. The number of carbonyl (C=O) groups is 1. The number of carboxylic acids is 1. The Morgan fingerprint density at radius 1 is 1.21 bits per heavy atom. The van der Waals surface area contributed by atoms with E-state index in [0.29, 0.717) is 6.54 Å². The van der Waals surface area contributed by atoms with Gasteiger partial charge in [0.1, 0.15) is 0 Å². The molecule has 2 rings (SSSR count). The highest BCUT2D eigenvalue weighted by atomic mass is 35.5. The molecule has 0 radical (unpaired) electrons. The number of aromatic carboxylic acids is 1. The molecule has 19 heavy (non-hydrogen) atoms. The molecule has 0 aromatic heterocycles. The standard InChI is InChI=1S/C15H14ClNO2/c1-10-2-3-11(8-14(10)16)9-17-13-6-4-12(5-7-13)15(18)19/h2-8,17H,9H2,1H3,(H,18,19). The lowest BCUT2D eigenvalue weighted by atomic mass is 10.1. The summed E-state index contributed by atoms with van der Waals surface area (Å²) < 4.78 is 0. The van der Waals surface area contributed by atoms with Crippen LogP contribution in [0.1, 0.15) is 21.5 Å². The van der Waals surface area contributed by atoms with Gasteiger partial charge in [-0.2, -0.15) is 0 Å². The quantitative estimate of drug-likeness (QED) is 0.888. The van der Waals surface area contributed by atoms with E-state index < -0.39 is 5.97 Å². The van der Waals surface area contributed by atoms with Gasteiger partial charge in [0.15, 0.2) is 0 Å². The molecule has 2 aromatic rings. The summed E-state index contributed by atoms with van der Waals surface area (Å²) in [6.45, 7) is 2.61. The van der Waals surface area contributed by atoms with Gasteiger partial charge in [0.25, 0.3) is 0 Å². The van der Waals surface area contributed by atoms with E-state index in [-0.39, 0.29) is 5.56 Å². The first kappa shape index (κ1) is 13.4. The number of nitrogens with one attached hydrogen (secondary N) is 1. The normalized spacial score (nSPS) is 10.2. The van der Waals surface area contributed by atoms with Gasteiger partial charge in [-0.1, -0.05) is 23.7 Å². The van der Waals surface area contributed by atoms with Gasteiger partial charge in [-0.25, -0.2) is 4.79 Å². The monoisotopic (exact) mass is 275 g/mol. The lowest BCUT2D eigenvalue weighted by Crippen LogP contribution is -2.01. The van der Waals surface area contributed by atoms with Crippen LogP contribution in [-0.4, -0.2) is 11.1 Å². The van der Waals surface area contributed by atoms with Crippen LogP contribution in [0.4, 0.5) is 5.69 Å². The van der Waals surface area contributed by atoms with E-state index in [1.807, 2.05) is 25.1 Å². The molecule has 4 heteroatoms. The van der Waals surface area contributed by atoms with Crippen molar-refractivity contribution in [2.24, 2.45) is 0 Å². The zero-order valence-electron chi connectivity index (χ0n) is 10.5. The molecule has 0 fully saturated rings. The van der Waals surface area contributed by atoms with Crippen molar-refractivity contribution in [1.29, 1.82) is 0 Å². The average molecular weight is 276 g/mol. The second kappa shape index (κ2) is 5.76. The Kier molecular flexibility index (Phi) is 4.07. The molecule has 0 aliphatic heterocycles. The van der Waals surface area contributed by atoms with Gasteiger partial charge in [0, 0.05) is 17.3 Å². The zero-order chi connectivity index (χ0) is 13.8. The van der Waals surface area contributed by atoms with Gasteiger partial charge in [-0.3, -0.25) is 0 Å². The molecule has 3 nitrogen and oxygen atoms in total. The molecule has 0 aliphatic carbocycles. The lowest BCUT2D eigenvalue weighted by Gasteiger charge is -2.08. The molecule has 0 amide bonds. The summed E-state index contributed by atoms with van der Waals surface area (Å²) in [6, 6.07) is 12.6. The maximum absolute atomic E-state index is 10.7. The number of aryl methyl sites for hydroxylation is 1. The molecule has 0 aliphatic rings. The van der Waals surface area contributed by atoms with Gasteiger partial charge in [0.05, 0.1) is 5.56 Å². The molecule has 0 unspecified atom stereocenters. The summed E-state index contributed by atoms with van der Waals surface area (Å²) in [5, 5.41) is 12.8. The fraction of sp³-hybridized carbons (Fsp3) is 0.133. The lowest BCUT2D eigenvalue weighted by molar-refractivity contribution is 0.0697. The van der Waals surface area contributed by atoms with Crippen molar-refractivity contribution in [3.05, 3.63) is 64.2 Å². The Balaban J connectivity index is 2.01. The Morgan fingerprint density at radius 3 is 2.47 bits per heavy atom. The molecule has 0 atom stereocenters. The predicted octanol–water partition coefficient (Wildman–Crippen LogP) is 3.96. The third-order valence-electron chi connectivity index (χ3n) is 2.86. The maximum Gasteiger partial charge on any atom is 0.335 e. The minimum Gasteiger partial charge on any atom is -0.478 e. The van der Waals surface area contributed by atoms with E-state index in [9.17, 15) is 4.79 Å². The third-order valence-corrected chi connectivity index (χ3v) is 3.27. The van der Waals surface area contributed by atoms with Crippen LogP contribution in [0.2, 0.25) is 5.02 Å². The van der Waals surface area contributed by atoms with E-state index in [1.165, 1.54) is 0 Å². The van der Waals surface area contributed by atoms with Gasteiger partial charge >= 0.3 is 5.97 Å². The Labute approximate surface area is 116 Å². The van der Waals surface area contributed by atoms with Crippen LogP contribution in [0.25, 0.3) is 0 Å². The predicted molar refractivity (Wildman–Crippen MR) is 76.9 cm³/mol. The van der Waals surface area contributed by atoms with Crippen LogP contribution in [0.3, 0.4) is 0 Å². The second-order valence-electron chi connectivity index (χ2n) is 4.32. The first-order valence-electron chi connectivity index (χ1n) is 5.88. The molecule has 2 aromatic carbocycles. The Hall–Kier alpha value is -2.00. The smallest absolute Gasteiger partial charge is 0.335 e. The largest absolute Gasteiger partial charge is 0.478 e. The first-order chi connectivity index (χ1) is 9.06. The Bertz CT molecular complexity index is 594. The SMILES string of the molecule is Cc1ccc(CNc2ccc(C(=O)O)cc2)cc1Cl. The topological polar surface area (TPSA) is 49.3 Å². The van der Waals surface area contributed by atoms with Gasteiger partial charge in [0.2, 0.25) is 0 Å². The molecular formula is C15H14ClNO2. The fourth-order valence-corrected chi connectivity index (χ4v) is 1.88. The van der Waals surface area contributed by atoms with E-state index >= 15 is 0 Å². The van der Waals surface area contributed by atoms with Crippen LogP contribution in [0, 0.1) is 6.92 Å². The number of carboxylic acid groups (broad SMARTS) is 1. The van der Waals surface area contributed by atoms with Crippen molar-refractivity contribution >= 4 is 23.3 Å². The molecule has 0 spiro atoms. The Morgan fingerprint density at radius 2 is 1.89 bits per heavy atom. The molecular weight excluding hydrogens is 262 g/mol. The van der Waals surface area contributed by atoms with Gasteiger partial charge in [-0.05, 0) is 48.4 Å². The van der Waals surface area contributed by atoms with Crippen LogP contribution in [-0.2, 0) is 6.54 Å². The van der Waals surface area contributed by atoms with E-state index in [1.54, 1.807) is 24.3 Å². The fourth-order valence-electron chi connectivity index (χ4n) is 1.68. The number of benzene rings is 2. The molecule has 98 valence electrons. The summed E-state index contributed by atoms with van der Waals surface area (Å²) >= 11 is 6.06. The molecule has 0 heterocycles. The minimum absolute atomic E-state index is 0.281. The summed E-state index contributed by atoms with van der Waals surface area (Å²) in [4.78, 5) is 10.7. The van der Waals surface area contributed by atoms with Crippen LogP contribution in [0.15, 0.2) is 42.5 Å². The highest BCUT2D eigenvalue weighted by molar-refractivity contribution is 6.31. The zero-order valence-corrected chi connectivity index (χ0v) is 11.2. The molecule has 0 saturated carbocycles. The van der Waals surface area contributed by atoms with Crippen molar-refractivity contribution in [2.75, 3.05) is 5.32 Å². The van der Waals surface area contributed by atoms with Crippen LogP contribution >= 0.6 is 11.6 Å². The third kappa shape index (κ3) is 3.48. The number of hydrogen-bond acceptors (Lipinski definition) is 2. The number of halogens is 1. The highest BCUT2D eigenvalue weighted by Gasteiger charge is 2.02. The highest BCUT2D eigenvalue weighted by Crippen LogP contribution is 2.18. The number of hydrogen-bond donors (Lipinski definition) is 2. The molecule has 2 N–H and O–H groups in total. The minimum atomic E-state index is -0.920. The van der Waals surface area contributed by atoms with E-state index in [2.05, 4.69) is 5.32 Å². The molecule has 0 saturated heterocycles. The maximum atomic E-state index is 10.7. The van der Waals surface area contributed by atoms with Crippen LogP contribution in [0.5, 0.6) is 0 Å². The average Bonchev–Trinajstić information content (AvgIpc) is 2.40. The summed E-state index contributed by atoms with van der Waals surface area (Å²) in [7, 11) is 0. The van der Waals surface area contributed by atoms with Gasteiger partial charge < -0.3 is 10.4 Å². The summed E-state index contributed by atoms with van der Waals surface area (Å²) in [6.07, 6.45) is 0. The van der Waals surface area contributed by atoms with Gasteiger partial charge in [-0.15, -0.1) is 0 Å². The van der Waals surface area contributed by atoms with Crippen molar-refractivity contribution in [2.45, 2.75) is 13.5 Å². The summed E-state index contributed by atoms with van der Waals surface area (Å²) in [5.74, 6) is -0.920. The van der Waals surface area contributed by atoms with E-state index in [0.717, 1.165) is 21.8 Å². The molecule has 0 bridgehead atoms. The van der Waals surface area contributed by atoms with E-state index in [4.69, 9.17) is 16.7 Å². The van der Waals surface area contributed by atoms with Crippen molar-refractivity contribution < 1.29 is 9.90 Å².